The van der Waals surface area contributed by atoms with Gasteiger partial charge in [0.1, 0.15) is 6.54 Å². The molecule has 0 amide bonds. The normalized spacial score (nSPS) is 11.7. The van der Waals surface area contributed by atoms with Gasteiger partial charge in [-0.25, -0.2) is 8.42 Å². The number of para-hydroxylation sites is 1. The molecule has 0 aliphatic rings. The lowest BCUT2D eigenvalue weighted by Crippen LogP contribution is -2.37. The third kappa shape index (κ3) is 5.02. The lowest BCUT2D eigenvalue weighted by molar-refractivity contribution is -0.387. The average Bonchev–Trinajstić information content (AvgIpc) is 2.65. The van der Waals surface area contributed by atoms with Crippen LogP contribution in [0.15, 0.2) is 53.4 Å². The number of alkyl halides is 3. The number of ether oxygens (including phenoxy) is 1. The number of halogens is 3. The predicted octanol–water partition coefficient (Wildman–Crippen LogP) is 3.37. The van der Waals surface area contributed by atoms with Crippen molar-refractivity contribution in [2.45, 2.75) is 18.0 Å². The molecule has 2 aromatic rings. The molecule has 0 saturated heterocycles. The molecule has 0 spiro atoms. The van der Waals surface area contributed by atoms with Gasteiger partial charge in [-0.3, -0.25) is 19.2 Å². The summed E-state index contributed by atoms with van der Waals surface area (Å²) < 4.78 is 70.4. The first-order chi connectivity index (χ1) is 13.5. The molecule has 0 radical (unpaired) electrons. The lowest BCUT2D eigenvalue weighted by Gasteiger charge is -2.24. The number of rotatable bonds is 7. The van der Waals surface area contributed by atoms with Crippen LogP contribution >= 0.6 is 0 Å². The third-order valence-electron chi connectivity index (χ3n) is 3.67. The molecule has 156 valence electrons. The summed E-state index contributed by atoms with van der Waals surface area (Å²) in [7, 11) is -4.78. The molecule has 0 N–H and O–H groups in total. The van der Waals surface area contributed by atoms with E-state index in [-0.39, 0.29) is 6.61 Å². The molecule has 0 aliphatic carbocycles. The van der Waals surface area contributed by atoms with Gasteiger partial charge in [0.15, 0.2) is 4.90 Å². The molecule has 0 heterocycles. The second-order valence-corrected chi connectivity index (χ2v) is 7.42. The van der Waals surface area contributed by atoms with Gasteiger partial charge in [0.25, 0.3) is 15.7 Å². The minimum Gasteiger partial charge on any atom is -0.465 e. The summed E-state index contributed by atoms with van der Waals surface area (Å²) in [6.45, 7) is 0.396. The van der Waals surface area contributed by atoms with Crippen LogP contribution < -0.4 is 4.31 Å². The molecule has 0 aliphatic heterocycles. The number of nitrogens with zero attached hydrogens (tertiary/aromatic N) is 2. The number of nitro benzene ring substituents is 1. The Morgan fingerprint density at radius 3 is 2.41 bits per heavy atom. The average molecular weight is 432 g/mol. The van der Waals surface area contributed by atoms with E-state index >= 15 is 0 Å². The molecule has 8 nitrogen and oxygen atoms in total. The molecule has 2 aromatic carbocycles. The highest BCUT2D eigenvalue weighted by Crippen LogP contribution is 2.34. The van der Waals surface area contributed by atoms with Crippen molar-refractivity contribution in [3.05, 3.63) is 64.2 Å². The summed E-state index contributed by atoms with van der Waals surface area (Å²) >= 11 is 0. The van der Waals surface area contributed by atoms with Gasteiger partial charge >= 0.3 is 12.1 Å². The predicted molar refractivity (Wildman–Crippen MR) is 95.7 cm³/mol. The summed E-state index contributed by atoms with van der Waals surface area (Å²) in [5, 5.41) is 11.2. The maximum atomic E-state index is 13.1. The van der Waals surface area contributed by atoms with E-state index in [1.807, 2.05) is 0 Å². The van der Waals surface area contributed by atoms with Crippen LogP contribution in [0.25, 0.3) is 0 Å². The van der Waals surface area contributed by atoms with Crippen LogP contribution in [0.4, 0.5) is 24.5 Å². The van der Waals surface area contributed by atoms with Gasteiger partial charge in [-0.05, 0) is 31.2 Å². The number of carbonyl (C=O) groups is 1. The molecule has 0 unspecified atom stereocenters. The van der Waals surface area contributed by atoms with E-state index in [2.05, 4.69) is 0 Å². The van der Waals surface area contributed by atoms with E-state index in [0.717, 1.165) is 30.3 Å². The fraction of sp³-hybridized carbons (Fsp3) is 0.235. The first kappa shape index (κ1) is 22.1. The minimum absolute atomic E-state index is 0.0964. The Kier molecular flexibility index (Phi) is 6.47. The van der Waals surface area contributed by atoms with Gasteiger partial charge in [-0.15, -0.1) is 0 Å². The number of hydrogen-bond donors (Lipinski definition) is 0. The smallest absolute Gasteiger partial charge is 0.416 e. The van der Waals surface area contributed by atoms with Crippen LogP contribution in [-0.4, -0.2) is 32.5 Å². The van der Waals surface area contributed by atoms with Crippen molar-refractivity contribution >= 4 is 27.4 Å². The number of nitro groups is 1. The molecule has 0 fully saturated rings. The fourth-order valence-electron chi connectivity index (χ4n) is 2.42. The summed E-state index contributed by atoms with van der Waals surface area (Å²) in [6.07, 6.45) is -4.77. The summed E-state index contributed by atoms with van der Waals surface area (Å²) in [5.41, 5.74) is -2.43. The Bertz CT molecular complexity index is 1020. The Morgan fingerprint density at radius 2 is 1.83 bits per heavy atom. The van der Waals surface area contributed by atoms with Crippen molar-refractivity contribution in [1.82, 2.24) is 0 Å². The standard InChI is InChI=1S/C17H15F3N2O6S/c1-2-28-16(23)11-21(13-7-5-6-12(10-13)17(18,19)20)29(26,27)15-9-4-3-8-14(15)22(24)25/h3-10H,2,11H2,1H3. The lowest BCUT2D eigenvalue weighted by atomic mass is 10.2. The van der Waals surface area contributed by atoms with Crippen molar-refractivity contribution in [1.29, 1.82) is 0 Å². The van der Waals surface area contributed by atoms with Crippen molar-refractivity contribution < 1.29 is 36.0 Å². The molecular weight excluding hydrogens is 417 g/mol. The summed E-state index contributed by atoms with van der Waals surface area (Å²) in [5.74, 6) is -1.04. The van der Waals surface area contributed by atoms with Crippen LogP contribution in [-0.2, 0) is 25.7 Å². The van der Waals surface area contributed by atoms with Gasteiger partial charge in [-0.2, -0.15) is 13.2 Å². The van der Waals surface area contributed by atoms with E-state index in [0.29, 0.717) is 10.4 Å². The zero-order valence-corrected chi connectivity index (χ0v) is 15.7. The molecule has 12 heteroatoms. The van der Waals surface area contributed by atoms with Gasteiger partial charge < -0.3 is 4.74 Å². The Labute approximate surface area is 163 Å². The topological polar surface area (TPSA) is 107 Å². The van der Waals surface area contributed by atoms with Crippen LogP contribution in [0.1, 0.15) is 12.5 Å². The number of sulfonamides is 1. The first-order valence-electron chi connectivity index (χ1n) is 8.07. The maximum Gasteiger partial charge on any atom is 0.416 e. The molecule has 0 saturated carbocycles. The van der Waals surface area contributed by atoms with Crippen LogP contribution in [0, 0.1) is 10.1 Å². The minimum atomic E-state index is -4.78. The SMILES string of the molecule is CCOC(=O)CN(c1cccc(C(F)(F)F)c1)S(=O)(=O)c1ccccc1[N+](=O)[O-]. The molecule has 0 bridgehead atoms. The van der Waals surface area contributed by atoms with E-state index in [1.54, 1.807) is 0 Å². The second-order valence-electron chi connectivity index (χ2n) is 5.59. The highest BCUT2D eigenvalue weighted by atomic mass is 32.2. The maximum absolute atomic E-state index is 13.1. The second kappa shape index (κ2) is 8.47. The van der Waals surface area contributed by atoms with Crippen LogP contribution in [0.2, 0.25) is 0 Å². The monoisotopic (exact) mass is 432 g/mol. The van der Waals surface area contributed by atoms with E-state index in [4.69, 9.17) is 4.74 Å². The zero-order chi connectivity index (χ0) is 21.8. The summed E-state index contributed by atoms with van der Waals surface area (Å²) in [6, 6.07) is 7.58. The zero-order valence-electron chi connectivity index (χ0n) is 14.9. The van der Waals surface area contributed by atoms with Crippen molar-refractivity contribution in [3.8, 4) is 0 Å². The largest absolute Gasteiger partial charge is 0.465 e. The van der Waals surface area contributed by atoms with Gasteiger partial charge in [0.05, 0.1) is 22.8 Å². The Hall–Kier alpha value is -3.15. The number of benzene rings is 2. The van der Waals surface area contributed by atoms with Crippen molar-refractivity contribution in [3.63, 3.8) is 0 Å². The van der Waals surface area contributed by atoms with Crippen molar-refractivity contribution in [2.75, 3.05) is 17.5 Å². The quantitative estimate of drug-likeness (QED) is 0.377. The number of esters is 1. The molecule has 29 heavy (non-hydrogen) atoms. The molecule has 2 rings (SSSR count). The van der Waals surface area contributed by atoms with E-state index < -0.39 is 55.5 Å². The highest BCUT2D eigenvalue weighted by Gasteiger charge is 2.36. The number of carbonyl (C=O) groups excluding carboxylic acids is 1. The highest BCUT2D eigenvalue weighted by molar-refractivity contribution is 7.93. The summed E-state index contributed by atoms with van der Waals surface area (Å²) in [4.78, 5) is 21.4. The van der Waals surface area contributed by atoms with Crippen LogP contribution in [0.5, 0.6) is 0 Å². The van der Waals surface area contributed by atoms with Gasteiger partial charge in [-0.1, -0.05) is 18.2 Å². The van der Waals surface area contributed by atoms with Crippen molar-refractivity contribution in [2.24, 2.45) is 0 Å². The molecular formula is C17H15F3N2O6S. The third-order valence-corrected chi connectivity index (χ3v) is 5.49. The number of anilines is 1. The van der Waals surface area contributed by atoms with Crippen LogP contribution in [0.3, 0.4) is 0 Å². The number of hydrogen-bond acceptors (Lipinski definition) is 6. The first-order valence-corrected chi connectivity index (χ1v) is 9.51. The molecule has 0 aromatic heterocycles. The Balaban J connectivity index is 2.66. The van der Waals surface area contributed by atoms with Gasteiger partial charge in [0, 0.05) is 6.07 Å². The van der Waals surface area contributed by atoms with E-state index in [1.165, 1.54) is 19.1 Å². The Morgan fingerprint density at radius 1 is 1.17 bits per heavy atom. The fourth-order valence-corrected chi connectivity index (χ4v) is 3.98. The van der Waals surface area contributed by atoms with Gasteiger partial charge in [0.2, 0.25) is 0 Å². The molecule has 0 atom stereocenters. The van der Waals surface area contributed by atoms with E-state index in [9.17, 15) is 36.5 Å².